The van der Waals surface area contributed by atoms with Gasteiger partial charge in [-0.05, 0) is 43.0 Å². The van der Waals surface area contributed by atoms with Gasteiger partial charge in [0.1, 0.15) is 5.82 Å². The quantitative estimate of drug-likeness (QED) is 0.478. The number of para-hydroxylation sites is 1. The number of nitro groups is 1. The average molecular weight is 479 g/mol. The lowest BCUT2D eigenvalue weighted by molar-refractivity contribution is -0.387. The van der Waals surface area contributed by atoms with E-state index in [1.165, 1.54) is 24.3 Å². The normalized spacial score (nSPS) is 14.6. The summed E-state index contributed by atoms with van der Waals surface area (Å²) in [7, 11) is -4.58. The predicted molar refractivity (Wildman–Crippen MR) is 116 cm³/mol. The number of hydrogen-bond donors (Lipinski definition) is 1. The highest BCUT2D eigenvalue weighted by Crippen LogP contribution is 2.30. The number of benzene rings is 2. The van der Waals surface area contributed by atoms with E-state index in [-0.39, 0.29) is 44.1 Å². The van der Waals surface area contributed by atoms with Crippen LogP contribution in [-0.2, 0) is 21.2 Å². The highest BCUT2D eigenvalue weighted by atomic mass is 32.2. The number of sulfonamides is 1. The van der Waals surface area contributed by atoms with E-state index in [0.717, 1.165) is 17.7 Å². The molecular weight excluding hydrogens is 455 g/mol. The molecule has 12 heteroatoms. The zero-order valence-electron chi connectivity index (χ0n) is 17.6. The molecule has 0 spiro atoms. The van der Waals surface area contributed by atoms with Crippen LogP contribution in [0.5, 0.6) is 0 Å². The molecule has 2 aromatic rings. The number of rotatable bonds is 7. The van der Waals surface area contributed by atoms with Crippen LogP contribution in [0, 0.1) is 15.9 Å². The van der Waals surface area contributed by atoms with Crippen LogP contribution in [0.15, 0.2) is 53.4 Å². The molecule has 0 aromatic heterocycles. The Bertz CT molecular complexity index is 1150. The van der Waals surface area contributed by atoms with Crippen LogP contribution >= 0.6 is 0 Å². The van der Waals surface area contributed by atoms with Gasteiger partial charge in [-0.25, -0.2) is 21.9 Å². The first-order valence-electron chi connectivity index (χ1n) is 10.2. The molecule has 1 fully saturated rings. The van der Waals surface area contributed by atoms with E-state index in [9.17, 15) is 32.5 Å². The van der Waals surface area contributed by atoms with E-state index in [1.807, 2.05) is 0 Å². The summed E-state index contributed by atoms with van der Waals surface area (Å²) in [5.74, 6) is -0.508. The van der Waals surface area contributed by atoms with Crippen LogP contribution in [0.1, 0.15) is 24.8 Å². The molecule has 33 heavy (non-hydrogen) atoms. The number of nitro benzene ring substituents is 1. The molecule has 0 unspecified atom stereocenters. The van der Waals surface area contributed by atoms with E-state index in [2.05, 4.69) is 0 Å². The molecule has 3 rings (SSSR count). The Morgan fingerprint density at radius 3 is 2.30 bits per heavy atom. The van der Waals surface area contributed by atoms with Crippen molar-refractivity contribution in [1.29, 1.82) is 0 Å². The molecular formula is C21H23FN4O6S. The van der Waals surface area contributed by atoms with Gasteiger partial charge in [0.05, 0.1) is 11.0 Å². The fraction of sp³-hybridized carbons (Fsp3) is 0.333. The summed E-state index contributed by atoms with van der Waals surface area (Å²) >= 11 is 0. The molecule has 1 aliphatic heterocycles. The van der Waals surface area contributed by atoms with E-state index >= 15 is 0 Å². The molecule has 0 atom stereocenters. The molecule has 0 bridgehead atoms. The van der Waals surface area contributed by atoms with Gasteiger partial charge in [0, 0.05) is 25.6 Å². The van der Waals surface area contributed by atoms with Gasteiger partial charge in [-0.2, -0.15) is 0 Å². The van der Waals surface area contributed by atoms with E-state index < -0.39 is 37.6 Å². The second-order valence-electron chi connectivity index (χ2n) is 7.60. The van der Waals surface area contributed by atoms with E-state index in [4.69, 9.17) is 5.73 Å². The van der Waals surface area contributed by atoms with Crippen LogP contribution in [0.4, 0.5) is 14.9 Å². The van der Waals surface area contributed by atoms with Gasteiger partial charge in [0.2, 0.25) is 5.91 Å². The molecule has 1 saturated heterocycles. The average Bonchev–Trinajstić information content (AvgIpc) is 2.78. The topological polar surface area (TPSA) is 144 Å². The molecule has 3 amide bonds. The molecule has 1 aliphatic rings. The fourth-order valence-corrected chi connectivity index (χ4v) is 5.55. The molecule has 0 radical (unpaired) electrons. The monoisotopic (exact) mass is 478 g/mol. The number of likely N-dealkylation sites (tertiary alicyclic amines) is 1. The van der Waals surface area contributed by atoms with Crippen LogP contribution in [0.25, 0.3) is 0 Å². The molecule has 2 aromatic carbocycles. The lowest BCUT2D eigenvalue weighted by Crippen LogP contribution is -2.52. The second kappa shape index (κ2) is 9.94. The maximum atomic E-state index is 13.1. The van der Waals surface area contributed by atoms with Gasteiger partial charge < -0.3 is 10.6 Å². The largest absolute Gasteiger partial charge is 0.351 e. The van der Waals surface area contributed by atoms with Crippen LogP contribution in [0.3, 0.4) is 0 Å². The molecule has 10 nitrogen and oxygen atoms in total. The van der Waals surface area contributed by atoms with Crippen molar-refractivity contribution in [3.63, 3.8) is 0 Å². The van der Waals surface area contributed by atoms with Gasteiger partial charge in [-0.15, -0.1) is 0 Å². The summed E-state index contributed by atoms with van der Waals surface area (Å²) in [4.78, 5) is 36.0. The summed E-state index contributed by atoms with van der Waals surface area (Å²) in [6.07, 6.45) is 0.916. The molecule has 176 valence electrons. The molecule has 0 saturated carbocycles. The first-order valence-corrected chi connectivity index (χ1v) is 11.6. The Labute approximate surface area is 190 Å². The third kappa shape index (κ3) is 5.45. The van der Waals surface area contributed by atoms with Gasteiger partial charge in [-0.3, -0.25) is 14.9 Å². The van der Waals surface area contributed by atoms with Crippen molar-refractivity contribution in [3.8, 4) is 0 Å². The maximum absolute atomic E-state index is 13.1. The SMILES string of the molecule is NC(=O)N(C1CCN(C(=O)CCc2ccc(F)cc2)CC1)S(=O)(=O)c1ccccc1[N+](=O)[O-]. The zero-order chi connectivity index (χ0) is 24.2. The van der Waals surface area contributed by atoms with Crippen molar-refractivity contribution >= 4 is 27.6 Å². The second-order valence-corrected chi connectivity index (χ2v) is 9.39. The van der Waals surface area contributed by atoms with Crippen molar-refractivity contribution in [2.75, 3.05) is 13.1 Å². The number of carbonyl (C=O) groups excluding carboxylic acids is 2. The van der Waals surface area contributed by atoms with Gasteiger partial charge >= 0.3 is 6.03 Å². The number of nitrogens with zero attached hydrogens (tertiary/aromatic N) is 3. The summed E-state index contributed by atoms with van der Waals surface area (Å²) in [6.45, 7) is 0.395. The Kier molecular flexibility index (Phi) is 7.26. The van der Waals surface area contributed by atoms with Crippen LogP contribution in [0.2, 0.25) is 0 Å². The van der Waals surface area contributed by atoms with Crippen molar-refractivity contribution < 1.29 is 27.3 Å². The number of hydrogen-bond acceptors (Lipinski definition) is 6. The van der Waals surface area contributed by atoms with Crippen molar-refractivity contribution in [2.24, 2.45) is 5.73 Å². The molecule has 0 aliphatic carbocycles. The van der Waals surface area contributed by atoms with Crippen molar-refractivity contribution in [3.05, 3.63) is 70.0 Å². The van der Waals surface area contributed by atoms with E-state index in [0.29, 0.717) is 10.7 Å². The zero-order valence-corrected chi connectivity index (χ0v) is 18.4. The summed E-state index contributed by atoms with van der Waals surface area (Å²) < 4.78 is 39.7. The Morgan fingerprint density at radius 2 is 1.73 bits per heavy atom. The van der Waals surface area contributed by atoms with Gasteiger partial charge in [0.15, 0.2) is 4.90 Å². The number of nitrogens with two attached hydrogens (primary N) is 1. The highest BCUT2D eigenvalue weighted by Gasteiger charge is 2.40. The Hall–Kier alpha value is -3.54. The first-order chi connectivity index (χ1) is 15.6. The first kappa shape index (κ1) is 24.1. The minimum atomic E-state index is -4.58. The Morgan fingerprint density at radius 1 is 1.12 bits per heavy atom. The number of piperidine rings is 1. The maximum Gasteiger partial charge on any atom is 0.328 e. The Balaban J connectivity index is 1.68. The lowest BCUT2D eigenvalue weighted by Gasteiger charge is -2.37. The number of urea groups is 1. The number of amides is 3. The van der Waals surface area contributed by atoms with Crippen LogP contribution < -0.4 is 5.73 Å². The van der Waals surface area contributed by atoms with E-state index in [1.54, 1.807) is 17.0 Å². The summed E-state index contributed by atoms with van der Waals surface area (Å²) in [5.41, 5.74) is 5.52. The van der Waals surface area contributed by atoms with Gasteiger partial charge in [0.25, 0.3) is 15.7 Å². The lowest BCUT2D eigenvalue weighted by atomic mass is 10.0. The number of carbonyl (C=O) groups is 2. The number of aryl methyl sites for hydroxylation is 1. The van der Waals surface area contributed by atoms with Crippen molar-refractivity contribution in [1.82, 2.24) is 9.21 Å². The standard InChI is InChI=1S/C21H23FN4O6S/c22-16-8-5-15(6-9-16)7-10-20(27)24-13-11-17(12-14-24)25(21(23)28)33(31,32)19-4-2-1-3-18(19)26(29)30/h1-6,8-9,17H,7,10-14H2,(H2,23,28). The van der Waals surface area contributed by atoms with Crippen LogP contribution in [-0.4, -0.2) is 53.6 Å². The number of primary amides is 1. The highest BCUT2D eigenvalue weighted by molar-refractivity contribution is 7.89. The smallest absolute Gasteiger partial charge is 0.328 e. The third-order valence-corrected chi connectivity index (χ3v) is 7.40. The van der Waals surface area contributed by atoms with Crippen molar-refractivity contribution in [2.45, 2.75) is 36.6 Å². The fourth-order valence-electron chi connectivity index (χ4n) is 3.84. The third-order valence-electron chi connectivity index (χ3n) is 5.51. The number of halogens is 1. The minimum Gasteiger partial charge on any atom is -0.351 e. The minimum absolute atomic E-state index is 0.144. The molecule has 1 heterocycles. The van der Waals surface area contributed by atoms with Gasteiger partial charge in [-0.1, -0.05) is 24.3 Å². The summed E-state index contributed by atoms with van der Waals surface area (Å²) in [6, 6.07) is 8.50. The predicted octanol–water partition coefficient (Wildman–Crippen LogP) is 2.43. The summed E-state index contributed by atoms with van der Waals surface area (Å²) in [5, 5.41) is 11.3. The molecule has 2 N–H and O–H groups in total.